The second-order valence-corrected chi connectivity index (χ2v) is 13.3. The van der Waals surface area contributed by atoms with Gasteiger partial charge in [0.1, 0.15) is 12.7 Å². The molecule has 10 heteroatoms. The number of aliphatic imine (C=N–C) groups is 1. The van der Waals surface area contributed by atoms with E-state index in [1.165, 1.54) is 16.7 Å². The Morgan fingerprint density at radius 2 is 1.81 bits per heavy atom. The van der Waals surface area contributed by atoms with Crippen LogP contribution in [0.1, 0.15) is 55.7 Å². The van der Waals surface area contributed by atoms with E-state index in [2.05, 4.69) is 94.9 Å². The molecule has 0 saturated heterocycles. The first-order valence-corrected chi connectivity index (χ1v) is 17.1. The molecule has 4 rings (SSSR count). The summed E-state index contributed by atoms with van der Waals surface area (Å²) in [7, 11) is 3.35. The van der Waals surface area contributed by atoms with Crippen LogP contribution in [0.3, 0.4) is 0 Å². The summed E-state index contributed by atoms with van der Waals surface area (Å²) in [4.78, 5) is 18.5. The van der Waals surface area contributed by atoms with Crippen molar-refractivity contribution in [2.24, 2.45) is 4.99 Å². The number of aromatic nitrogens is 1. The summed E-state index contributed by atoms with van der Waals surface area (Å²) >= 11 is 3.69. The Hall–Kier alpha value is -3.15. The number of aryl methyl sites for hydroxylation is 1. The molecule has 0 aliphatic carbocycles. The van der Waals surface area contributed by atoms with Crippen molar-refractivity contribution in [2.45, 2.75) is 57.9 Å². The van der Waals surface area contributed by atoms with Gasteiger partial charge in [-0.1, -0.05) is 35.9 Å². The fourth-order valence-corrected chi connectivity index (χ4v) is 6.45. The molecule has 9 nitrogen and oxygen atoms in total. The van der Waals surface area contributed by atoms with Gasteiger partial charge in [0.05, 0.1) is 55.1 Å². The Bertz CT molecular complexity index is 1500. The Morgan fingerprint density at radius 1 is 1.04 bits per heavy atom. The number of hydrogen-bond donors (Lipinski definition) is 1. The number of pyridine rings is 1. The van der Waals surface area contributed by atoms with Crippen LogP contribution in [0.25, 0.3) is 0 Å². The lowest BCUT2D eigenvalue weighted by atomic mass is 9.82. The molecular formula is C37H49BrN3O6+. The van der Waals surface area contributed by atoms with Crippen LogP contribution in [0.15, 0.2) is 76.0 Å². The summed E-state index contributed by atoms with van der Waals surface area (Å²) in [6.45, 7) is 11.3. The Labute approximate surface area is 287 Å². The van der Waals surface area contributed by atoms with Crippen LogP contribution < -0.4 is 9.47 Å². The van der Waals surface area contributed by atoms with Crippen LogP contribution in [0, 0.1) is 6.92 Å². The molecule has 254 valence electrons. The first-order valence-electron chi connectivity index (χ1n) is 16.3. The Kier molecular flexibility index (Phi) is 13.9. The number of allylic oxidation sites excluding steroid dienone is 5. The molecule has 1 unspecified atom stereocenters. The van der Waals surface area contributed by atoms with E-state index in [9.17, 15) is 4.79 Å². The first-order chi connectivity index (χ1) is 22.7. The van der Waals surface area contributed by atoms with Gasteiger partial charge in [-0.15, -0.1) is 0 Å². The smallest absolute Gasteiger partial charge is 0.327 e. The molecule has 2 aromatic rings. The van der Waals surface area contributed by atoms with Crippen molar-refractivity contribution in [3.8, 4) is 0 Å². The first kappa shape index (κ1) is 36.7. The number of unbranched alkanes of at least 4 members (excludes halogenated alkanes) is 1. The van der Waals surface area contributed by atoms with Crippen molar-refractivity contribution in [1.82, 2.24) is 0 Å². The molecule has 1 atom stereocenters. The van der Waals surface area contributed by atoms with E-state index in [0.29, 0.717) is 52.6 Å². The van der Waals surface area contributed by atoms with Gasteiger partial charge in [-0.3, -0.25) is 4.79 Å². The lowest BCUT2D eigenvalue weighted by Crippen LogP contribution is -2.37. The standard InChI is InChI=1S/C37H48BrN3O6/c1-27-14-15-33-29(23-27)30(26-47-22-20-45-5)32(41(33)16-10-9-13-35(42)43)11-7-6-8-12-34-37(2,3)31-24-28(38)25-40(36(31)39-34)17-18-46-21-19-44-4/h6-8,11-12,14-15,23-25,30H,9-10,13,16-22,26H2,1-5H3/p+1. The number of carboxylic acids is 1. The second-order valence-electron chi connectivity index (χ2n) is 12.3. The molecule has 2 aliphatic heterocycles. The number of halogens is 1. The summed E-state index contributed by atoms with van der Waals surface area (Å²) in [6, 6.07) is 8.69. The molecule has 1 N–H and O–H groups in total. The van der Waals surface area contributed by atoms with E-state index in [-0.39, 0.29) is 17.8 Å². The van der Waals surface area contributed by atoms with Crippen molar-refractivity contribution >= 4 is 39.1 Å². The molecule has 1 aromatic carbocycles. The number of rotatable bonds is 19. The number of benzene rings is 1. The molecule has 0 amide bonds. The number of aliphatic carboxylic acids is 1. The van der Waals surface area contributed by atoms with Crippen LogP contribution in [-0.4, -0.2) is 77.2 Å². The summed E-state index contributed by atoms with van der Waals surface area (Å²) in [6.07, 6.45) is 14.0. The number of anilines is 1. The van der Waals surface area contributed by atoms with Gasteiger partial charge in [-0.05, 0) is 84.4 Å². The number of carbonyl (C=O) groups is 1. The molecule has 1 aromatic heterocycles. The predicted molar refractivity (Wildman–Crippen MR) is 189 cm³/mol. The number of nitrogens with zero attached hydrogens (tertiary/aromatic N) is 3. The van der Waals surface area contributed by atoms with Gasteiger partial charge >= 0.3 is 11.8 Å². The molecule has 0 spiro atoms. The van der Waals surface area contributed by atoms with Gasteiger partial charge in [0, 0.05) is 44.5 Å². The topological polar surface area (TPSA) is 93.7 Å². The normalized spacial score (nSPS) is 17.7. The number of ether oxygens (including phenoxy) is 4. The van der Waals surface area contributed by atoms with E-state index >= 15 is 0 Å². The molecular weight excluding hydrogens is 662 g/mol. The second kappa shape index (κ2) is 17.8. The van der Waals surface area contributed by atoms with Crippen LogP contribution in [0.5, 0.6) is 0 Å². The summed E-state index contributed by atoms with van der Waals surface area (Å²) in [5.41, 5.74) is 6.64. The molecule has 0 saturated carbocycles. The number of carboxylic acid groups (broad SMARTS) is 1. The van der Waals surface area contributed by atoms with Crippen LogP contribution in [0.4, 0.5) is 11.5 Å². The average Bonchev–Trinajstić information content (AvgIpc) is 3.46. The molecule has 2 aliphatic rings. The monoisotopic (exact) mass is 710 g/mol. The molecule has 0 bridgehead atoms. The number of methoxy groups -OCH3 is 2. The quantitative estimate of drug-likeness (QED) is 0.0999. The van der Waals surface area contributed by atoms with E-state index in [4.69, 9.17) is 29.0 Å². The van der Waals surface area contributed by atoms with Gasteiger partial charge in [0.25, 0.3) is 0 Å². The minimum atomic E-state index is -0.759. The fraction of sp³-hybridized carbons (Fsp3) is 0.486. The van der Waals surface area contributed by atoms with Crippen molar-refractivity contribution < 1.29 is 33.4 Å². The van der Waals surface area contributed by atoms with Crippen LogP contribution >= 0.6 is 15.9 Å². The maximum absolute atomic E-state index is 11.1. The molecule has 0 radical (unpaired) electrons. The van der Waals surface area contributed by atoms with Gasteiger partial charge in [0.2, 0.25) is 0 Å². The third kappa shape index (κ3) is 9.70. The highest BCUT2D eigenvalue weighted by atomic mass is 79.9. The lowest BCUT2D eigenvalue weighted by molar-refractivity contribution is -0.686. The summed E-state index contributed by atoms with van der Waals surface area (Å²) in [5, 5.41) is 9.16. The van der Waals surface area contributed by atoms with Crippen molar-refractivity contribution in [3.63, 3.8) is 0 Å². The summed E-state index contributed by atoms with van der Waals surface area (Å²) < 4.78 is 25.2. The average molecular weight is 712 g/mol. The van der Waals surface area contributed by atoms with Crippen LogP contribution in [-0.2, 0) is 35.7 Å². The van der Waals surface area contributed by atoms with Gasteiger partial charge < -0.3 is 29.0 Å². The Morgan fingerprint density at radius 3 is 2.55 bits per heavy atom. The Balaban J connectivity index is 1.54. The summed E-state index contributed by atoms with van der Waals surface area (Å²) in [5.74, 6) is 0.257. The van der Waals surface area contributed by atoms with Crippen molar-refractivity contribution in [3.05, 3.63) is 87.7 Å². The SMILES string of the molecule is COCCOCC[n+]1cc(Br)cc2c1N=C(/C=C/C=C/C=C1\C(COCCOC)c3cc(C)ccc3N1CCCCC(=O)O)C2(C)C. The molecule has 0 fully saturated rings. The maximum Gasteiger partial charge on any atom is 0.327 e. The van der Waals surface area contributed by atoms with Crippen molar-refractivity contribution in [2.75, 3.05) is 65.3 Å². The van der Waals surface area contributed by atoms with E-state index in [1.54, 1.807) is 14.2 Å². The molecule has 47 heavy (non-hydrogen) atoms. The third-order valence-electron chi connectivity index (χ3n) is 8.52. The van der Waals surface area contributed by atoms with E-state index in [0.717, 1.165) is 40.4 Å². The van der Waals surface area contributed by atoms with Gasteiger partial charge in [-0.2, -0.15) is 0 Å². The minimum absolute atomic E-state index is 0.0647. The zero-order valence-corrected chi connectivity index (χ0v) is 29.9. The number of hydrogen-bond acceptors (Lipinski definition) is 7. The lowest BCUT2D eigenvalue weighted by Gasteiger charge is -2.23. The third-order valence-corrected chi connectivity index (χ3v) is 8.96. The highest BCUT2D eigenvalue weighted by Crippen LogP contribution is 2.44. The van der Waals surface area contributed by atoms with Crippen molar-refractivity contribution in [1.29, 1.82) is 0 Å². The maximum atomic E-state index is 11.1. The minimum Gasteiger partial charge on any atom is -0.481 e. The molecule has 3 heterocycles. The number of fused-ring (bicyclic) bond motifs is 2. The zero-order valence-electron chi connectivity index (χ0n) is 28.3. The fourth-order valence-electron chi connectivity index (χ4n) is 5.97. The van der Waals surface area contributed by atoms with E-state index < -0.39 is 5.97 Å². The largest absolute Gasteiger partial charge is 0.481 e. The van der Waals surface area contributed by atoms with Gasteiger partial charge in [-0.25, -0.2) is 4.57 Å². The predicted octanol–water partition coefficient (Wildman–Crippen LogP) is 6.59. The van der Waals surface area contributed by atoms with Gasteiger partial charge in [0.15, 0.2) is 5.71 Å². The van der Waals surface area contributed by atoms with E-state index in [1.807, 2.05) is 12.2 Å². The van der Waals surface area contributed by atoms with Crippen LogP contribution in [0.2, 0.25) is 0 Å². The highest BCUT2D eigenvalue weighted by molar-refractivity contribution is 9.10. The zero-order chi connectivity index (χ0) is 33.8. The highest BCUT2D eigenvalue weighted by Gasteiger charge is 2.42.